The normalized spacial score (nSPS) is 11.0. The number of pyridine rings is 2. The highest BCUT2D eigenvalue weighted by Crippen LogP contribution is 2.36. The van der Waals surface area contributed by atoms with Gasteiger partial charge in [-0.25, -0.2) is 9.37 Å². The second-order valence-electron chi connectivity index (χ2n) is 5.71. The van der Waals surface area contributed by atoms with Crippen LogP contribution in [0.5, 0.6) is 0 Å². The van der Waals surface area contributed by atoms with E-state index in [0.29, 0.717) is 25.7 Å². The molecule has 0 aliphatic carbocycles. The van der Waals surface area contributed by atoms with Gasteiger partial charge < -0.3 is 5.21 Å². The van der Waals surface area contributed by atoms with Gasteiger partial charge >= 0.3 is 0 Å². The van der Waals surface area contributed by atoms with Crippen molar-refractivity contribution >= 4 is 34.1 Å². The molecule has 0 saturated heterocycles. The maximum Gasteiger partial charge on any atom is 0.253 e. The van der Waals surface area contributed by atoms with Crippen LogP contribution in [0.1, 0.15) is 0 Å². The van der Waals surface area contributed by atoms with E-state index in [1.807, 2.05) is 0 Å². The van der Waals surface area contributed by atoms with Gasteiger partial charge in [0, 0.05) is 33.3 Å². The Labute approximate surface area is 158 Å². The summed E-state index contributed by atoms with van der Waals surface area (Å²) >= 11 is 12.3. The molecule has 2 heterocycles. The molecule has 0 bridgehead atoms. The number of fused-ring (bicyclic) bond motifs is 1. The molecule has 0 aliphatic heterocycles. The van der Waals surface area contributed by atoms with Crippen molar-refractivity contribution in [2.75, 3.05) is 0 Å². The lowest BCUT2D eigenvalue weighted by Crippen LogP contribution is -2.29. The zero-order valence-corrected chi connectivity index (χ0v) is 14.8. The van der Waals surface area contributed by atoms with Crippen LogP contribution < -0.4 is 4.73 Å². The molecule has 0 radical (unpaired) electrons. The Kier molecular flexibility index (Phi) is 4.23. The highest BCUT2D eigenvalue weighted by atomic mass is 35.5. The summed E-state index contributed by atoms with van der Waals surface area (Å²) in [5, 5.41) is 14.1. The first-order chi connectivity index (χ1) is 12.6. The Balaban J connectivity index is 2.05. The van der Waals surface area contributed by atoms with Crippen LogP contribution in [0, 0.1) is 11.0 Å². The predicted octanol–water partition coefficient (Wildman–Crippen LogP) is 5.65. The Morgan fingerprint density at radius 1 is 0.923 bits per heavy atom. The molecular formula is C20H11Cl2FN2O. The SMILES string of the molecule is [O-][n+]1ccc2c(-c3ccc(Cl)cc3Cl)ccnc2c1-c1ccccc1F. The summed E-state index contributed by atoms with van der Waals surface area (Å²) in [6, 6.07) is 14.8. The molecule has 2 aromatic heterocycles. The molecule has 4 aromatic rings. The highest BCUT2D eigenvalue weighted by molar-refractivity contribution is 6.36. The van der Waals surface area contributed by atoms with Crippen LogP contribution in [0.3, 0.4) is 0 Å². The van der Waals surface area contributed by atoms with Crippen LogP contribution in [-0.4, -0.2) is 4.98 Å². The molecule has 0 aliphatic rings. The van der Waals surface area contributed by atoms with E-state index in [0.717, 1.165) is 11.1 Å². The molecule has 6 heteroatoms. The maximum absolute atomic E-state index is 14.3. The van der Waals surface area contributed by atoms with Gasteiger partial charge in [0.2, 0.25) is 0 Å². The van der Waals surface area contributed by atoms with E-state index in [2.05, 4.69) is 4.98 Å². The minimum absolute atomic E-state index is 0.160. The van der Waals surface area contributed by atoms with Crippen molar-refractivity contribution in [2.24, 2.45) is 0 Å². The first-order valence-electron chi connectivity index (χ1n) is 7.77. The monoisotopic (exact) mass is 384 g/mol. The van der Waals surface area contributed by atoms with E-state index in [4.69, 9.17) is 23.2 Å². The van der Waals surface area contributed by atoms with Crippen molar-refractivity contribution in [3.63, 3.8) is 0 Å². The molecule has 0 N–H and O–H groups in total. The van der Waals surface area contributed by atoms with E-state index in [1.54, 1.807) is 54.7 Å². The fourth-order valence-electron chi connectivity index (χ4n) is 2.99. The van der Waals surface area contributed by atoms with Crippen LogP contribution in [-0.2, 0) is 0 Å². The zero-order valence-electron chi connectivity index (χ0n) is 13.3. The Morgan fingerprint density at radius 2 is 1.73 bits per heavy atom. The van der Waals surface area contributed by atoms with Crippen LogP contribution in [0.4, 0.5) is 4.39 Å². The second-order valence-corrected chi connectivity index (χ2v) is 6.56. The fraction of sp³-hybridized carbons (Fsp3) is 0. The maximum atomic E-state index is 14.3. The average Bonchev–Trinajstić information content (AvgIpc) is 2.62. The van der Waals surface area contributed by atoms with Crippen molar-refractivity contribution in [2.45, 2.75) is 0 Å². The summed E-state index contributed by atoms with van der Waals surface area (Å²) in [5.74, 6) is -0.485. The largest absolute Gasteiger partial charge is 0.618 e. The number of benzene rings is 2. The van der Waals surface area contributed by atoms with Gasteiger partial charge in [0.05, 0.1) is 5.56 Å². The molecular weight excluding hydrogens is 374 g/mol. The van der Waals surface area contributed by atoms with Crippen molar-refractivity contribution in [3.05, 3.63) is 88.1 Å². The molecule has 0 fully saturated rings. The Bertz CT molecular complexity index is 1150. The van der Waals surface area contributed by atoms with Crippen molar-refractivity contribution in [3.8, 4) is 22.4 Å². The molecule has 0 unspecified atom stereocenters. The lowest BCUT2D eigenvalue weighted by molar-refractivity contribution is -0.592. The first kappa shape index (κ1) is 16.8. The number of aromatic nitrogens is 2. The summed E-state index contributed by atoms with van der Waals surface area (Å²) in [6.07, 6.45) is 2.92. The van der Waals surface area contributed by atoms with Crippen LogP contribution in [0.2, 0.25) is 10.0 Å². The van der Waals surface area contributed by atoms with E-state index >= 15 is 0 Å². The van der Waals surface area contributed by atoms with E-state index in [-0.39, 0.29) is 11.3 Å². The van der Waals surface area contributed by atoms with E-state index < -0.39 is 5.82 Å². The van der Waals surface area contributed by atoms with Crippen molar-refractivity contribution in [1.29, 1.82) is 0 Å². The number of hydrogen-bond acceptors (Lipinski definition) is 2. The zero-order chi connectivity index (χ0) is 18.3. The van der Waals surface area contributed by atoms with Crippen LogP contribution in [0.15, 0.2) is 67.0 Å². The van der Waals surface area contributed by atoms with Crippen LogP contribution in [0.25, 0.3) is 33.3 Å². The summed E-state index contributed by atoms with van der Waals surface area (Å²) in [4.78, 5) is 4.34. The molecule has 3 nitrogen and oxygen atoms in total. The van der Waals surface area contributed by atoms with Gasteiger partial charge in [-0.15, -0.1) is 0 Å². The van der Waals surface area contributed by atoms with Gasteiger partial charge in [-0.2, -0.15) is 4.73 Å². The van der Waals surface area contributed by atoms with Crippen molar-refractivity contribution in [1.82, 2.24) is 4.98 Å². The standard InChI is InChI=1S/C20H11Cl2FN2O/c21-12-5-6-14(17(22)11-12)13-7-9-24-19-15(13)8-10-25(26)20(19)16-3-1-2-4-18(16)23/h1-11H. The van der Waals surface area contributed by atoms with Gasteiger partial charge in [-0.05, 0) is 35.9 Å². The second kappa shape index (κ2) is 6.56. The number of nitrogens with zero attached hydrogens (tertiary/aromatic N) is 2. The van der Waals surface area contributed by atoms with Crippen molar-refractivity contribution < 1.29 is 9.12 Å². The quantitative estimate of drug-likeness (QED) is 0.331. The van der Waals surface area contributed by atoms with E-state index in [1.165, 1.54) is 12.3 Å². The average molecular weight is 385 g/mol. The third-order valence-electron chi connectivity index (χ3n) is 4.16. The Hall–Kier alpha value is -2.69. The number of halogens is 3. The van der Waals surface area contributed by atoms with Crippen LogP contribution >= 0.6 is 23.2 Å². The topological polar surface area (TPSA) is 39.8 Å². The van der Waals surface area contributed by atoms with Gasteiger partial charge in [0.25, 0.3) is 5.69 Å². The lowest BCUT2D eigenvalue weighted by atomic mass is 9.99. The molecule has 0 saturated carbocycles. The molecule has 0 spiro atoms. The third-order valence-corrected chi connectivity index (χ3v) is 4.71. The molecule has 0 amide bonds. The van der Waals surface area contributed by atoms with Gasteiger partial charge in [-0.3, -0.25) is 0 Å². The summed E-state index contributed by atoms with van der Waals surface area (Å²) in [5.41, 5.74) is 2.30. The summed E-state index contributed by atoms with van der Waals surface area (Å²) in [6.45, 7) is 0. The summed E-state index contributed by atoms with van der Waals surface area (Å²) < 4.78 is 14.9. The van der Waals surface area contributed by atoms with Gasteiger partial charge in [0.1, 0.15) is 11.3 Å². The number of hydrogen-bond donors (Lipinski definition) is 0. The Morgan fingerprint density at radius 3 is 2.50 bits per heavy atom. The lowest BCUT2D eigenvalue weighted by Gasteiger charge is -2.12. The molecule has 26 heavy (non-hydrogen) atoms. The fourth-order valence-corrected chi connectivity index (χ4v) is 3.50. The smallest absolute Gasteiger partial charge is 0.253 e. The minimum Gasteiger partial charge on any atom is -0.618 e. The number of rotatable bonds is 2. The molecule has 4 rings (SSSR count). The van der Waals surface area contributed by atoms with Gasteiger partial charge in [0.15, 0.2) is 6.20 Å². The predicted molar refractivity (Wildman–Crippen MR) is 102 cm³/mol. The molecule has 2 aromatic carbocycles. The third kappa shape index (κ3) is 2.77. The molecule has 128 valence electrons. The van der Waals surface area contributed by atoms with Gasteiger partial charge in [-0.1, -0.05) is 41.4 Å². The van der Waals surface area contributed by atoms with E-state index in [9.17, 15) is 9.60 Å². The first-order valence-corrected chi connectivity index (χ1v) is 8.53. The highest BCUT2D eigenvalue weighted by Gasteiger charge is 2.21. The molecule has 0 atom stereocenters. The summed E-state index contributed by atoms with van der Waals surface area (Å²) in [7, 11) is 0. The minimum atomic E-state index is -0.485.